The summed E-state index contributed by atoms with van der Waals surface area (Å²) in [6, 6.07) is 14.7. The van der Waals surface area contributed by atoms with Gasteiger partial charge in [-0.05, 0) is 24.6 Å². The SMILES string of the molecule is Cc1ccc(C=Cc2cccc[n+]2C)cc1. The zero-order valence-electron chi connectivity index (χ0n) is 9.72. The van der Waals surface area contributed by atoms with Crippen LogP contribution in [0.1, 0.15) is 16.8 Å². The summed E-state index contributed by atoms with van der Waals surface area (Å²) >= 11 is 0. The maximum Gasteiger partial charge on any atom is 0.204 e. The van der Waals surface area contributed by atoms with E-state index in [-0.39, 0.29) is 0 Å². The molecular formula is C15H16N+. The number of hydrogen-bond donors (Lipinski definition) is 0. The fraction of sp³-hybridized carbons (Fsp3) is 0.133. The van der Waals surface area contributed by atoms with Crippen molar-refractivity contribution in [2.24, 2.45) is 7.05 Å². The van der Waals surface area contributed by atoms with Gasteiger partial charge in [0.1, 0.15) is 7.05 Å². The highest BCUT2D eigenvalue weighted by atomic mass is 14.9. The van der Waals surface area contributed by atoms with E-state index in [1.54, 1.807) is 0 Å². The van der Waals surface area contributed by atoms with E-state index < -0.39 is 0 Å². The van der Waals surface area contributed by atoms with Crippen LogP contribution in [0, 0.1) is 6.92 Å². The Morgan fingerprint density at radius 1 is 0.938 bits per heavy atom. The van der Waals surface area contributed by atoms with Crippen LogP contribution in [0.5, 0.6) is 0 Å². The molecule has 80 valence electrons. The number of benzene rings is 1. The van der Waals surface area contributed by atoms with E-state index in [4.69, 9.17) is 0 Å². The van der Waals surface area contributed by atoms with Gasteiger partial charge in [0.25, 0.3) is 0 Å². The normalized spacial score (nSPS) is 10.9. The van der Waals surface area contributed by atoms with Gasteiger partial charge >= 0.3 is 0 Å². The third kappa shape index (κ3) is 2.57. The molecule has 16 heavy (non-hydrogen) atoms. The number of hydrogen-bond acceptors (Lipinski definition) is 0. The van der Waals surface area contributed by atoms with Crippen molar-refractivity contribution in [3.05, 3.63) is 65.5 Å². The number of rotatable bonds is 2. The molecule has 0 radical (unpaired) electrons. The van der Waals surface area contributed by atoms with Gasteiger partial charge in [-0.1, -0.05) is 29.8 Å². The van der Waals surface area contributed by atoms with E-state index in [9.17, 15) is 0 Å². The number of aromatic nitrogens is 1. The van der Waals surface area contributed by atoms with Gasteiger partial charge in [0, 0.05) is 18.2 Å². The molecule has 0 spiro atoms. The van der Waals surface area contributed by atoms with Crippen molar-refractivity contribution in [3.8, 4) is 0 Å². The van der Waals surface area contributed by atoms with Crippen molar-refractivity contribution in [3.63, 3.8) is 0 Å². The topological polar surface area (TPSA) is 3.88 Å². The molecule has 1 heterocycles. The van der Waals surface area contributed by atoms with Crippen LogP contribution in [-0.4, -0.2) is 0 Å². The maximum absolute atomic E-state index is 2.13. The molecule has 0 saturated carbocycles. The maximum atomic E-state index is 2.13. The van der Waals surface area contributed by atoms with E-state index in [1.165, 1.54) is 16.8 Å². The molecule has 0 saturated heterocycles. The predicted octanol–water partition coefficient (Wildman–Crippen LogP) is 2.99. The molecule has 0 amide bonds. The molecule has 0 aliphatic rings. The Morgan fingerprint density at radius 3 is 2.38 bits per heavy atom. The molecule has 1 heteroatoms. The minimum absolute atomic E-state index is 1.20. The Balaban J connectivity index is 2.21. The van der Waals surface area contributed by atoms with Crippen LogP contribution in [0.15, 0.2) is 48.7 Å². The van der Waals surface area contributed by atoms with Gasteiger partial charge in [-0.25, -0.2) is 4.57 Å². The molecule has 0 fully saturated rings. The first-order chi connectivity index (χ1) is 7.75. The Hall–Kier alpha value is -1.89. The van der Waals surface area contributed by atoms with E-state index in [0.29, 0.717) is 0 Å². The number of nitrogens with zero attached hydrogens (tertiary/aromatic N) is 1. The van der Waals surface area contributed by atoms with Gasteiger partial charge in [0.15, 0.2) is 6.20 Å². The Labute approximate surface area is 96.7 Å². The molecule has 0 bridgehead atoms. The van der Waals surface area contributed by atoms with Crippen LogP contribution in [0.4, 0.5) is 0 Å². The molecular weight excluding hydrogens is 194 g/mol. The predicted molar refractivity (Wildman–Crippen MR) is 67.7 cm³/mol. The third-order valence-electron chi connectivity index (χ3n) is 2.62. The lowest BCUT2D eigenvalue weighted by atomic mass is 10.1. The fourth-order valence-electron chi connectivity index (χ4n) is 1.57. The lowest BCUT2D eigenvalue weighted by molar-refractivity contribution is -0.673. The van der Waals surface area contributed by atoms with E-state index in [2.05, 4.69) is 73.3 Å². The number of pyridine rings is 1. The Morgan fingerprint density at radius 2 is 1.69 bits per heavy atom. The lowest BCUT2D eigenvalue weighted by Crippen LogP contribution is -2.30. The molecule has 1 nitrogen and oxygen atoms in total. The first-order valence-electron chi connectivity index (χ1n) is 5.45. The van der Waals surface area contributed by atoms with E-state index in [0.717, 1.165) is 0 Å². The minimum atomic E-state index is 1.20. The van der Waals surface area contributed by atoms with Crippen LogP contribution in [-0.2, 0) is 7.05 Å². The van der Waals surface area contributed by atoms with Gasteiger partial charge in [0.05, 0.1) is 0 Å². The van der Waals surface area contributed by atoms with Gasteiger partial charge in [0.2, 0.25) is 5.69 Å². The first kappa shape index (κ1) is 10.6. The summed E-state index contributed by atoms with van der Waals surface area (Å²) in [5, 5.41) is 0. The van der Waals surface area contributed by atoms with Crippen molar-refractivity contribution in [1.29, 1.82) is 0 Å². The summed E-state index contributed by atoms with van der Waals surface area (Å²) in [7, 11) is 2.05. The lowest BCUT2D eigenvalue weighted by Gasteiger charge is -1.95. The summed E-state index contributed by atoms with van der Waals surface area (Å²) < 4.78 is 2.10. The minimum Gasteiger partial charge on any atom is -0.202 e. The van der Waals surface area contributed by atoms with E-state index >= 15 is 0 Å². The highest BCUT2D eigenvalue weighted by Crippen LogP contribution is 2.07. The van der Waals surface area contributed by atoms with Crippen molar-refractivity contribution in [1.82, 2.24) is 0 Å². The molecule has 2 rings (SSSR count). The summed E-state index contributed by atoms with van der Waals surface area (Å²) in [5.74, 6) is 0. The largest absolute Gasteiger partial charge is 0.204 e. The monoisotopic (exact) mass is 210 g/mol. The standard InChI is InChI=1S/C15H16N/c1-13-6-8-14(9-7-13)10-11-15-5-3-4-12-16(15)2/h3-12H,1-2H3/q+1. The molecule has 0 unspecified atom stereocenters. The second-order valence-corrected chi connectivity index (χ2v) is 3.98. The molecule has 0 aliphatic heterocycles. The van der Waals surface area contributed by atoms with Crippen molar-refractivity contribution >= 4 is 12.2 Å². The van der Waals surface area contributed by atoms with Crippen LogP contribution >= 0.6 is 0 Å². The average molecular weight is 210 g/mol. The van der Waals surface area contributed by atoms with Crippen LogP contribution < -0.4 is 4.57 Å². The van der Waals surface area contributed by atoms with Crippen molar-refractivity contribution < 1.29 is 4.57 Å². The molecule has 0 N–H and O–H groups in total. The fourth-order valence-corrected chi connectivity index (χ4v) is 1.57. The average Bonchev–Trinajstić information content (AvgIpc) is 2.30. The van der Waals surface area contributed by atoms with Gasteiger partial charge in [-0.15, -0.1) is 0 Å². The van der Waals surface area contributed by atoms with Gasteiger partial charge in [-0.3, -0.25) is 0 Å². The second kappa shape index (κ2) is 4.75. The van der Waals surface area contributed by atoms with Crippen LogP contribution in [0.25, 0.3) is 12.2 Å². The smallest absolute Gasteiger partial charge is 0.202 e. The summed E-state index contributed by atoms with van der Waals surface area (Å²) in [5.41, 5.74) is 3.72. The van der Waals surface area contributed by atoms with Crippen LogP contribution in [0.3, 0.4) is 0 Å². The summed E-state index contributed by atoms with van der Waals surface area (Å²) in [4.78, 5) is 0. The molecule has 0 atom stereocenters. The first-order valence-corrected chi connectivity index (χ1v) is 5.45. The number of aryl methyl sites for hydroxylation is 2. The van der Waals surface area contributed by atoms with E-state index in [1.807, 2.05) is 6.07 Å². The van der Waals surface area contributed by atoms with Gasteiger partial charge < -0.3 is 0 Å². The Bertz CT molecular complexity index is 495. The molecule has 0 aliphatic carbocycles. The second-order valence-electron chi connectivity index (χ2n) is 3.98. The Kier molecular flexibility index (Phi) is 3.16. The molecule has 1 aromatic heterocycles. The summed E-state index contributed by atoms with van der Waals surface area (Å²) in [6.45, 7) is 2.10. The quantitative estimate of drug-likeness (QED) is 0.671. The zero-order chi connectivity index (χ0) is 11.4. The highest BCUT2D eigenvalue weighted by molar-refractivity contribution is 5.66. The highest BCUT2D eigenvalue weighted by Gasteiger charge is 1.98. The zero-order valence-corrected chi connectivity index (χ0v) is 9.72. The van der Waals surface area contributed by atoms with Gasteiger partial charge in [-0.2, -0.15) is 0 Å². The molecule has 1 aromatic carbocycles. The third-order valence-corrected chi connectivity index (χ3v) is 2.62. The summed E-state index contributed by atoms with van der Waals surface area (Å²) in [6.07, 6.45) is 6.31. The molecule has 2 aromatic rings. The van der Waals surface area contributed by atoms with Crippen LogP contribution in [0.2, 0.25) is 0 Å². The van der Waals surface area contributed by atoms with Crippen molar-refractivity contribution in [2.75, 3.05) is 0 Å². The van der Waals surface area contributed by atoms with Crippen molar-refractivity contribution in [2.45, 2.75) is 6.92 Å².